The van der Waals surface area contributed by atoms with Crippen LogP contribution < -0.4 is 10.4 Å². The first-order valence-corrected chi connectivity index (χ1v) is 8.50. The Morgan fingerprint density at radius 1 is 1.15 bits per heavy atom. The van der Waals surface area contributed by atoms with Gasteiger partial charge in [-0.05, 0) is 49.2 Å². The van der Waals surface area contributed by atoms with E-state index in [4.69, 9.17) is 9.15 Å². The minimum Gasteiger partial charge on any atom is -0.483 e. The summed E-state index contributed by atoms with van der Waals surface area (Å²) in [5.74, 6) is -0.0472. The second-order valence-electron chi connectivity index (χ2n) is 6.48. The Balaban J connectivity index is 1.70. The molecule has 0 aliphatic heterocycles. The summed E-state index contributed by atoms with van der Waals surface area (Å²) in [5, 5.41) is 0.833. The molecular formula is C21H20FNO4. The van der Waals surface area contributed by atoms with Crippen molar-refractivity contribution in [2.45, 2.75) is 20.4 Å². The third kappa shape index (κ3) is 4.16. The maximum atomic E-state index is 13.0. The second kappa shape index (κ2) is 7.61. The van der Waals surface area contributed by atoms with Crippen molar-refractivity contribution in [3.63, 3.8) is 0 Å². The van der Waals surface area contributed by atoms with Gasteiger partial charge in [-0.25, -0.2) is 9.18 Å². The van der Waals surface area contributed by atoms with E-state index in [1.54, 1.807) is 32.2 Å². The molecule has 0 aliphatic carbocycles. The normalized spacial score (nSPS) is 10.8. The monoisotopic (exact) mass is 369 g/mol. The van der Waals surface area contributed by atoms with Crippen LogP contribution in [0.5, 0.6) is 5.75 Å². The number of fused-ring (bicyclic) bond motifs is 1. The van der Waals surface area contributed by atoms with Gasteiger partial charge in [0, 0.05) is 30.6 Å². The number of ether oxygens (including phenoxy) is 1. The number of halogens is 1. The summed E-state index contributed by atoms with van der Waals surface area (Å²) < 4.78 is 23.9. The van der Waals surface area contributed by atoms with Crippen LogP contribution in [0.15, 0.2) is 51.7 Å². The Hall–Kier alpha value is -3.15. The summed E-state index contributed by atoms with van der Waals surface area (Å²) in [6.45, 7) is 3.83. The number of nitrogens with zero attached hydrogens (tertiary/aromatic N) is 1. The zero-order chi connectivity index (χ0) is 19.6. The molecule has 5 nitrogen and oxygen atoms in total. The highest BCUT2D eigenvalue weighted by atomic mass is 19.1. The standard InChI is InChI=1S/C21H20FNO4/c1-13-10-20(25)27-21-14(2)18(9-8-17(13)21)26-12-19(24)23(3)11-15-4-6-16(22)7-5-15/h4-10H,11-12H2,1-3H3. The Morgan fingerprint density at radius 2 is 1.85 bits per heavy atom. The van der Waals surface area contributed by atoms with Crippen molar-refractivity contribution in [2.75, 3.05) is 13.7 Å². The van der Waals surface area contributed by atoms with Crippen molar-refractivity contribution in [3.05, 3.63) is 75.4 Å². The quantitative estimate of drug-likeness (QED) is 0.645. The predicted octanol–water partition coefficient (Wildman–Crippen LogP) is 3.59. The van der Waals surface area contributed by atoms with E-state index >= 15 is 0 Å². The molecule has 0 bridgehead atoms. The molecule has 27 heavy (non-hydrogen) atoms. The van der Waals surface area contributed by atoms with Crippen LogP contribution in [0.25, 0.3) is 11.0 Å². The van der Waals surface area contributed by atoms with Crippen molar-refractivity contribution in [1.82, 2.24) is 4.90 Å². The first-order valence-electron chi connectivity index (χ1n) is 8.50. The fourth-order valence-electron chi connectivity index (χ4n) is 2.86. The number of carbonyl (C=O) groups excluding carboxylic acids is 1. The Labute approximate surface area is 156 Å². The van der Waals surface area contributed by atoms with Crippen LogP contribution in [0.2, 0.25) is 0 Å². The molecule has 0 N–H and O–H groups in total. The van der Waals surface area contributed by atoms with E-state index in [0.29, 0.717) is 23.4 Å². The van der Waals surface area contributed by atoms with Crippen LogP contribution in [0.3, 0.4) is 0 Å². The van der Waals surface area contributed by atoms with Crippen molar-refractivity contribution in [3.8, 4) is 5.75 Å². The fourth-order valence-corrected chi connectivity index (χ4v) is 2.86. The number of amides is 1. The molecule has 0 atom stereocenters. The van der Waals surface area contributed by atoms with Gasteiger partial charge in [0.25, 0.3) is 5.91 Å². The van der Waals surface area contributed by atoms with E-state index in [1.165, 1.54) is 23.1 Å². The zero-order valence-electron chi connectivity index (χ0n) is 15.4. The highest BCUT2D eigenvalue weighted by Crippen LogP contribution is 2.28. The minimum atomic E-state index is -0.421. The van der Waals surface area contributed by atoms with Crippen molar-refractivity contribution >= 4 is 16.9 Å². The van der Waals surface area contributed by atoms with Gasteiger partial charge in [-0.3, -0.25) is 4.79 Å². The zero-order valence-corrected chi connectivity index (χ0v) is 15.4. The van der Waals surface area contributed by atoms with Gasteiger partial charge in [0.15, 0.2) is 6.61 Å². The molecule has 0 unspecified atom stereocenters. The Morgan fingerprint density at radius 3 is 2.56 bits per heavy atom. The number of hydrogen-bond acceptors (Lipinski definition) is 4. The van der Waals surface area contributed by atoms with Gasteiger partial charge in [0.05, 0.1) is 0 Å². The van der Waals surface area contributed by atoms with Crippen LogP contribution in [0, 0.1) is 19.7 Å². The number of likely N-dealkylation sites (N-methyl/N-ethyl adjacent to an activating group) is 1. The maximum Gasteiger partial charge on any atom is 0.336 e. The molecule has 0 saturated carbocycles. The summed E-state index contributed by atoms with van der Waals surface area (Å²) in [6.07, 6.45) is 0. The van der Waals surface area contributed by atoms with Gasteiger partial charge in [-0.2, -0.15) is 0 Å². The summed E-state index contributed by atoms with van der Waals surface area (Å²) in [6, 6.07) is 11.0. The largest absolute Gasteiger partial charge is 0.483 e. The molecule has 3 aromatic rings. The van der Waals surface area contributed by atoms with Gasteiger partial charge in [0.1, 0.15) is 17.1 Å². The summed E-state index contributed by atoms with van der Waals surface area (Å²) in [4.78, 5) is 25.5. The van der Waals surface area contributed by atoms with Gasteiger partial charge in [-0.1, -0.05) is 12.1 Å². The third-order valence-corrected chi connectivity index (χ3v) is 4.43. The summed E-state index contributed by atoms with van der Waals surface area (Å²) in [5.41, 5.74) is 2.36. The van der Waals surface area contributed by atoms with E-state index in [9.17, 15) is 14.0 Å². The minimum absolute atomic E-state index is 0.153. The van der Waals surface area contributed by atoms with E-state index in [1.807, 2.05) is 13.0 Å². The molecule has 1 heterocycles. The second-order valence-corrected chi connectivity index (χ2v) is 6.48. The predicted molar refractivity (Wildman–Crippen MR) is 100 cm³/mol. The molecule has 1 amide bonds. The molecule has 1 aromatic heterocycles. The molecular weight excluding hydrogens is 349 g/mol. The molecule has 0 aliphatic rings. The molecule has 3 rings (SSSR count). The number of aryl methyl sites for hydroxylation is 2. The lowest BCUT2D eigenvalue weighted by molar-refractivity contribution is -0.132. The molecule has 0 saturated heterocycles. The molecule has 0 fully saturated rings. The SMILES string of the molecule is Cc1cc(=O)oc2c(C)c(OCC(=O)N(C)Cc3ccc(F)cc3)ccc12. The average Bonchev–Trinajstić information content (AvgIpc) is 2.63. The van der Waals surface area contributed by atoms with Crippen molar-refractivity contribution < 1.29 is 18.3 Å². The van der Waals surface area contributed by atoms with Gasteiger partial charge >= 0.3 is 5.63 Å². The number of carbonyl (C=O) groups is 1. The molecule has 0 radical (unpaired) electrons. The molecule has 140 valence electrons. The first kappa shape index (κ1) is 18.6. The number of benzene rings is 2. The topological polar surface area (TPSA) is 59.8 Å². The van der Waals surface area contributed by atoms with Gasteiger partial charge in [-0.15, -0.1) is 0 Å². The molecule has 6 heteroatoms. The Bertz CT molecular complexity index is 1040. The highest BCUT2D eigenvalue weighted by Gasteiger charge is 2.14. The third-order valence-electron chi connectivity index (χ3n) is 4.43. The lowest BCUT2D eigenvalue weighted by Gasteiger charge is -2.18. The van der Waals surface area contributed by atoms with E-state index in [0.717, 1.165) is 16.5 Å². The van der Waals surface area contributed by atoms with Crippen LogP contribution in [0.1, 0.15) is 16.7 Å². The van der Waals surface area contributed by atoms with Crippen molar-refractivity contribution in [2.24, 2.45) is 0 Å². The lowest BCUT2D eigenvalue weighted by atomic mass is 10.1. The fraction of sp³-hybridized carbons (Fsp3) is 0.238. The lowest BCUT2D eigenvalue weighted by Crippen LogP contribution is -2.31. The van der Waals surface area contributed by atoms with E-state index < -0.39 is 5.63 Å². The van der Waals surface area contributed by atoms with E-state index in [-0.39, 0.29) is 18.3 Å². The smallest absolute Gasteiger partial charge is 0.336 e. The number of hydrogen-bond donors (Lipinski definition) is 0. The maximum absolute atomic E-state index is 13.0. The Kier molecular flexibility index (Phi) is 5.26. The highest BCUT2D eigenvalue weighted by molar-refractivity contribution is 5.85. The number of rotatable bonds is 5. The van der Waals surface area contributed by atoms with Crippen LogP contribution >= 0.6 is 0 Å². The van der Waals surface area contributed by atoms with Crippen molar-refractivity contribution in [1.29, 1.82) is 0 Å². The van der Waals surface area contributed by atoms with Gasteiger partial charge < -0.3 is 14.1 Å². The van der Waals surface area contributed by atoms with Crippen LogP contribution in [-0.2, 0) is 11.3 Å². The summed E-state index contributed by atoms with van der Waals surface area (Å²) >= 11 is 0. The molecule has 0 spiro atoms. The first-order chi connectivity index (χ1) is 12.8. The van der Waals surface area contributed by atoms with Crippen LogP contribution in [0.4, 0.5) is 4.39 Å². The average molecular weight is 369 g/mol. The molecule has 2 aromatic carbocycles. The summed E-state index contributed by atoms with van der Waals surface area (Å²) in [7, 11) is 1.66. The van der Waals surface area contributed by atoms with Crippen LogP contribution in [-0.4, -0.2) is 24.5 Å². The van der Waals surface area contributed by atoms with E-state index in [2.05, 4.69) is 0 Å². The van der Waals surface area contributed by atoms with Gasteiger partial charge in [0.2, 0.25) is 0 Å².